The number of rotatable bonds is 4. The van der Waals surface area contributed by atoms with Gasteiger partial charge in [0.05, 0.1) is 10.6 Å². The van der Waals surface area contributed by atoms with Crippen molar-refractivity contribution in [1.29, 1.82) is 0 Å². The van der Waals surface area contributed by atoms with Gasteiger partial charge in [0.15, 0.2) is 0 Å². The summed E-state index contributed by atoms with van der Waals surface area (Å²) in [7, 11) is -3.72. The van der Waals surface area contributed by atoms with Gasteiger partial charge in [-0.1, -0.05) is 22.0 Å². The average molecular weight is 369 g/mol. The van der Waals surface area contributed by atoms with Crippen LogP contribution in [0.4, 0.5) is 5.69 Å². The maximum atomic E-state index is 12.3. The predicted octanol–water partition coefficient (Wildman–Crippen LogP) is 2.66. The number of carbonyl (C=O) groups excluding carboxylic acids is 1. The van der Waals surface area contributed by atoms with E-state index in [2.05, 4.69) is 20.7 Å². The van der Waals surface area contributed by atoms with Crippen LogP contribution < -0.4 is 10.5 Å². The number of carbonyl (C=O) groups is 1. The molecule has 2 aromatic rings. The largest absolute Gasteiger partial charge is 0.366 e. The lowest BCUT2D eigenvalue weighted by atomic mass is 10.1. The first-order chi connectivity index (χ1) is 9.81. The van der Waals surface area contributed by atoms with Crippen molar-refractivity contribution in [3.05, 3.63) is 58.1 Å². The third kappa shape index (κ3) is 3.43. The number of amides is 1. The van der Waals surface area contributed by atoms with Crippen molar-refractivity contribution in [2.75, 3.05) is 4.72 Å². The average Bonchev–Trinajstić information content (AvgIpc) is 2.41. The molecule has 0 saturated heterocycles. The Morgan fingerprint density at radius 2 is 1.76 bits per heavy atom. The summed E-state index contributed by atoms with van der Waals surface area (Å²) >= 11 is 3.25. The first-order valence-electron chi connectivity index (χ1n) is 5.99. The zero-order valence-corrected chi connectivity index (χ0v) is 13.5. The molecule has 7 heteroatoms. The molecule has 0 bridgehead atoms. The Morgan fingerprint density at radius 1 is 1.14 bits per heavy atom. The van der Waals surface area contributed by atoms with Crippen LogP contribution in [0.25, 0.3) is 0 Å². The molecule has 0 aliphatic carbocycles. The highest BCUT2D eigenvalue weighted by Crippen LogP contribution is 2.23. The smallest absolute Gasteiger partial charge is 0.261 e. The summed E-state index contributed by atoms with van der Waals surface area (Å²) in [5, 5.41) is 0. The maximum Gasteiger partial charge on any atom is 0.261 e. The van der Waals surface area contributed by atoms with E-state index in [9.17, 15) is 13.2 Å². The quantitative estimate of drug-likeness (QED) is 0.868. The van der Waals surface area contributed by atoms with E-state index in [0.29, 0.717) is 11.3 Å². The topological polar surface area (TPSA) is 89.3 Å². The molecule has 0 unspecified atom stereocenters. The van der Waals surface area contributed by atoms with Crippen LogP contribution in [-0.4, -0.2) is 14.3 Å². The summed E-state index contributed by atoms with van der Waals surface area (Å²) in [6, 6.07) is 11.0. The van der Waals surface area contributed by atoms with Crippen molar-refractivity contribution in [3.8, 4) is 0 Å². The molecule has 0 radical (unpaired) electrons. The molecule has 1 amide bonds. The first kappa shape index (κ1) is 15.5. The minimum absolute atomic E-state index is 0.134. The van der Waals surface area contributed by atoms with Crippen LogP contribution in [0.5, 0.6) is 0 Å². The van der Waals surface area contributed by atoms with Gasteiger partial charge in [0.2, 0.25) is 5.91 Å². The molecule has 0 spiro atoms. The summed E-state index contributed by atoms with van der Waals surface area (Å²) in [4.78, 5) is 11.4. The Hall–Kier alpha value is -1.86. The van der Waals surface area contributed by atoms with E-state index in [1.165, 1.54) is 12.1 Å². The lowest BCUT2D eigenvalue weighted by Crippen LogP contribution is -2.17. The van der Waals surface area contributed by atoms with Crippen LogP contribution in [-0.2, 0) is 10.0 Å². The Labute approximate surface area is 131 Å². The molecule has 0 atom stereocenters. The van der Waals surface area contributed by atoms with Crippen LogP contribution >= 0.6 is 15.9 Å². The number of nitrogens with one attached hydrogen (secondary N) is 1. The molecular weight excluding hydrogens is 356 g/mol. The normalized spacial score (nSPS) is 11.1. The number of halogens is 1. The van der Waals surface area contributed by atoms with Gasteiger partial charge < -0.3 is 5.73 Å². The van der Waals surface area contributed by atoms with Crippen molar-refractivity contribution >= 4 is 37.5 Å². The molecule has 0 aliphatic rings. The molecule has 0 saturated carbocycles. The molecule has 0 fully saturated rings. The fourth-order valence-electron chi connectivity index (χ4n) is 1.83. The molecule has 21 heavy (non-hydrogen) atoms. The number of sulfonamides is 1. The van der Waals surface area contributed by atoms with Gasteiger partial charge in [0.1, 0.15) is 0 Å². The van der Waals surface area contributed by atoms with Gasteiger partial charge in [-0.25, -0.2) is 8.42 Å². The minimum atomic E-state index is -3.72. The lowest BCUT2D eigenvalue weighted by Gasteiger charge is -2.12. The van der Waals surface area contributed by atoms with Crippen molar-refractivity contribution in [3.63, 3.8) is 0 Å². The van der Waals surface area contributed by atoms with E-state index in [-0.39, 0.29) is 10.5 Å². The number of hydrogen-bond donors (Lipinski definition) is 2. The van der Waals surface area contributed by atoms with E-state index in [1.807, 2.05) is 0 Å². The van der Waals surface area contributed by atoms with Crippen molar-refractivity contribution in [1.82, 2.24) is 0 Å². The molecule has 110 valence electrons. The molecule has 2 aromatic carbocycles. The number of nitrogens with two attached hydrogens (primary N) is 1. The van der Waals surface area contributed by atoms with Gasteiger partial charge in [-0.05, 0) is 48.9 Å². The van der Waals surface area contributed by atoms with Crippen LogP contribution in [0.1, 0.15) is 15.9 Å². The molecule has 2 rings (SSSR count). The summed E-state index contributed by atoms with van der Waals surface area (Å²) in [6.07, 6.45) is 0. The van der Waals surface area contributed by atoms with Gasteiger partial charge in [0.25, 0.3) is 10.0 Å². The van der Waals surface area contributed by atoms with Gasteiger partial charge >= 0.3 is 0 Å². The molecule has 0 aromatic heterocycles. The second-order valence-corrected chi connectivity index (χ2v) is 7.00. The first-order valence-corrected chi connectivity index (χ1v) is 8.26. The second-order valence-electron chi connectivity index (χ2n) is 4.40. The van der Waals surface area contributed by atoms with Crippen molar-refractivity contribution in [2.45, 2.75) is 11.8 Å². The van der Waals surface area contributed by atoms with E-state index in [1.54, 1.807) is 37.3 Å². The Balaban J connectivity index is 2.39. The van der Waals surface area contributed by atoms with Crippen LogP contribution in [0.3, 0.4) is 0 Å². The molecule has 3 N–H and O–H groups in total. The van der Waals surface area contributed by atoms with E-state index in [0.717, 1.165) is 4.47 Å². The zero-order chi connectivity index (χ0) is 15.6. The summed E-state index contributed by atoms with van der Waals surface area (Å²) in [6.45, 7) is 1.64. The van der Waals surface area contributed by atoms with Crippen LogP contribution in [0, 0.1) is 6.92 Å². The number of anilines is 1. The predicted molar refractivity (Wildman–Crippen MR) is 84.6 cm³/mol. The van der Waals surface area contributed by atoms with E-state index >= 15 is 0 Å². The fourth-order valence-corrected chi connectivity index (χ4v) is 3.22. The standard InChI is InChI=1S/C14H13BrN2O3S/c1-9-12(14(16)18)3-2-4-13(9)17-21(19,20)11-7-5-10(15)6-8-11/h2-8,17H,1H3,(H2,16,18). The monoisotopic (exact) mass is 368 g/mol. The highest BCUT2D eigenvalue weighted by Gasteiger charge is 2.17. The van der Waals surface area contributed by atoms with E-state index in [4.69, 9.17) is 5.73 Å². The van der Waals surface area contributed by atoms with Gasteiger partial charge in [-0.15, -0.1) is 0 Å². The van der Waals surface area contributed by atoms with Gasteiger partial charge in [-0.2, -0.15) is 0 Å². The molecule has 0 aliphatic heterocycles. The Bertz CT molecular complexity index is 786. The molecule has 0 heterocycles. The Kier molecular flexibility index (Phi) is 4.34. The van der Waals surface area contributed by atoms with Crippen molar-refractivity contribution < 1.29 is 13.2 Å². The number of hydrogen-bond acceptors (Lipinski definition) is 3. The number of benzene rings is 2. The fraction of sp³-hybridized carbons (Fsp3) is 0.0714. The second kappa shape index (κ2) is 5.87. The lowest BCUT2D eigenvalue weighted by molar-refractivity contribution is 0.0999. The number of primary amides is 1. The van der Waals surface area contributed by atoms with Crippen LogP contribution in [0.2, 0.25) is 0 Å². The molecular formula is C14H13BrN2O3S. The highest BCUT2D eigenvalue weighted by atomic mass is 79.9. The van der Waals surface area contributed by atoms with Crippen molar-refractivity contribution in [2.24, 2.45) is 5.73 Å². The molecule has 5 nitrogen and oxygen atoms in total. The van der Waals surface area contributed by atoms with E-state index < -0.39 is 15.9 Å². The summed E-state index contributed by atoms with van der Waals surface area (Å²) in [5.74, 6) is -0.600. The van der Waals surface area contributed by atoms with Gasteiger partial charge in [0, 0.05) is 10.0 Å². The third-order valence-electron chi connectivity index (χ3n) is 2.97. The highest BCUT2D eigenvalue weighted by molar-refractivity contribution is 9.10. The summed E-state index contributed by atoms with van der Waals surface area (Å²) in [5.41, 5.74) is 6.36. The summed E-state index contributed by atoms with van der Waals surface area (Å²) < 4.78 is 27.9. The van der Waals surface area contributed by atoms with Gasteiger partial charge in [-0.3, -0.25) is 9.52 Å². The third-order valence-corrected chi connectivity index (χ3v) is 4.88. The Morgan fingerprint density at radius 3 is 2.33 bits per heavy atom. The minimum Gasteiger partial charge on any atom is -0.366 e. The van der Waals surface area contributed by atoms with Crippen LogP contribution in [0.15, 0.2) is 51.8 Å². The SMILES string of the molecule is Cc1c(NS(=O)(=O)c2ccc(Br)cc2)cccc1C(N)=O. The zero-order valence-electron chi connectivity index (χ0n) is 11.1. The maximum absolute atomic E-state index is 12.3.